The summed E-state index contributed by atoms with van der Waals surface area (Å²) in [6, 6.07) is 10.1. The lowest BCUT2D eigenvalue weighted by Crippen LogP contribution is -2.45. The molecule has 1 aliphatic heterocycles. The Morgan fingerprint density at radius 2 is 1.75 bits per heavy atom. The predicted molar refractivity (Wildman–Crippen MR) is 99.1 cm³/mol. The summed E-state index contributed by atoms with van der Waals surface area (Å²) in [6.45, 7) is 0.608. The van der Waals surface area contributed by atoms with Gasteiger partial charge in [-0.05, 0) is 43.0 Å². The number of anilines is 1. The molecule has 0 atom stereocenters. The standard InChI is InChI=1S/C21H21F2NO4/c22-15-4-7-17(18(23)13-15)21(9-11-28-12-10-21)20(27)24-16-5-1-14(2-6-16)3-8-19(25)26/h1-2,4-7,13H,3,8-12H2,(H,24,27)(H,25,26). The third kappa shape index (κ3) is 4.36. The molecule has 0 saturated carbocycles. The van der Waals surface area contributed by atoms with Crippen molar-refractivity contribution in [3.8, 4) is 0 Å². The van der Waals surface area contributed by atoms with Crippen LogP contribution in [0.4, 0.5) is 14.5 Å². The number of carbonyl (C=O) groups excluding carboxylic acids is 1. The van der Waals surface area contributed by atoms with E-state index in [-0.39, 0.29) is 30.7 Å². The normalized spacial score (nSPS) is 15.8. The molecule has 0 bridgehead atoms. The van der Waals surface area contributed by atoms with Crippen molar-refractivity contribution >= 4 is 17.6 Å². The Morgan fingerprint density at radius 3 is 2.36 bits per heavy atom. The van der Waals surface area contributed by atoms with E-state index in [0.29, 0.717) is 25.3 Å². The van der Waals surface area contributed by atoms with Crippen LogP contribution in [0, 0.1) is 11.6 Å². The summed E-state index contributed by atoms with van der Waals surface area (Å²) >= 11 is 0. The number of ether oxygens (including phenoxy) is 1. The lowest BCUT2D eigenvalue weighted by atomic mass is 9.73. The van der Waals surface area contributed by atoms with E-state index in [2.05, 4.69) is 5.32 Å². The predicted octanol–water partition coefficient (Wildman–Crippen LogP) is 3.67. The minimum Gasteiger partial charge on any atom is -0.481 e. The van der Waals surface area contributed by atoms with Crippen LogP contribution in [0.2, 0.25) is 0 Å². The highest BCUT2D eigenvalue weighted by Crippen LogP contribution is 2.37. The van der Waals surface area contributed by atoms with Crippen molar-refractivity contribution in [1.29, 1.82) is 0 Å². The van der Waals surface area contributed by atoms with Crippen LogP contribution in [0.1, 0.15) is 30.4 Å². The molecule has 2 aromatic carbocycles. The Balaban J connectivity index is 1.81. The van der Waals surface area contributed by atoms with Crippen LogP contribution in [0.15, 0.2) is 42.5 Å². The molecular formula is C21H21F2NO4. The van der Waals surface area contributed by atoms with Crippen molar-refractivity contribution < 1.29 is 28.2 Å². The fraction of sp³-hybridized carbons (Fsp3) is 0.333. The highest BCUT2D eigenvalue weighted by atomic mass is 19.1. The van der Waals surface area contributed by atoms with Crippen LogP contribution in [0.5, 0.6) is 0 Å². The zero-order chi connectivity index (χ0) is 20.1. The second-order valence-corrected chi connectivity index (χ2v) is 6.86. The van der Waals surface area contributed by atoms with Gasteiger partial charge in [-0.2, -0.15) is 0 Å². The van der Waals surface area contributed by atoms with E-state index in [1.165, 1.54) is 6.07 Å². The van der Waals surface area contributed by atoms with Crippen molar-refractivity contribution in [3.63, 3.8) is 0 Å². The average molecular weight is 389 g/mol. The van der Waals surface area contributed by atoms with Gasteiger partial charge in [0, 0.05) is 37.0 Å². The minimum absolute atomic E-state index is 0.0264. The Morgan fingerprint density at radius 1 is 1.07 bits per heavy atom. The third-order valence-electron chi connectivity index (χ3n) is 5.07. The number of carboxylic acid groups (broad SMARTS) is 1. The van der Waals surface area contributed by atoms with Gasteiger partial charge in [0.15, 0.2) is 0 Å². The molecule has 7 heteroatoms. The molecule has 0 unspecified atom stereocenters. The van der Waals surface area contributed by atoms with E-state index in [1.807, 2.05) is 0 Å². The number of nitrogens with one attached hydrogen (secondary N) is 1. The lowest BCUT2D eigenvalue weighted by molar-refractivity contribution is -0.137. The Kier molecular flexibility index (Phi) is 6.04. The van der Waals surface area contributed by atoms with E-state index in [9.17, 15) is 18.4 Å². The molecule has 1 heterocycles. The second kappa shape index (κ2) is 8.48. The SMILES string of the molecule is O=C(O)CCc1ccc(NC(=O)C2(c3ccc(F)cc3F)CCOCC2)cc1. The maximum atomic E-state index is 14.5. The topological polar surface area (TPSA) is 75.6 Å². The first-order chi connectivity index (χ1) is 13.4. The largest absolute Gasteiger partial charge is 0.481 e. The fourth-order valence-electron chi connectivity index (χ4n) is 3.47. The summed E-state index contributed by atoms with van der Waals surface area (Å²) in [6.07, 6.45) is 1.00. The van der Waals surface area contributed by atoms with Gasteiger partial charge in [0.1, 0.15) is 11.6 Å². The Labute approximate surface area is 161 Å². The van der Waals surface area contributed by atoms with Crippen LogP contribution < -0.4 is 5.32 Å². The van der Waals surface area contributed by atoms with E-state index < -0.39 is 23.0 Å². The number of halogens is 2. The van der Waals surface area contributed by atoms with Crippen LogP contribution in [-0.4, -0.2) is 30.2 Å². The van der Waals surface area contributed by atoms with E-state index in [0.717, 1.165) is 17.7 Å². The van der Waals surface area contributed by atoms with Crippen LogP contribution >= 0.6 is 0 Å². The molecule has 0 aromatic heterocycles. The molecule has 1 saturated heterocycles. The van der Waals surface area contributed by atoms with Crippen molar-refractivity contribution in [1.82, 2.24) is 0 Å². The monoisotopic (exact) mass is 389 g/mol. The number of rotatable bonds is 6. The van der Waals surface area contributed by atoms with Crippen molar-refractivity contribution in [2.24, 2.45) is 0 Å². The number of amides is 1. The maximum Gasteiger partial charge on any atom is 0.303 e. The molecule has 5 nitrogen and oxygen atoms in total. The molecule has 2 N–H and O–H groups in total. The van der Waals surface area contributed by atoms with Crippen molar-refractivity contribution in [2.45, 2.75) is 31.1 Å². The number of aliphatic carboxylic acids is 1. The minimum atomic E-state index is -1.14. The lowest BCUT2D eigenvalue weighted by Gasteiger charge is -2.36. The summed E-state index contributed by atoms with van der Waals surface area (Å²) < 4.78 is 33.2. The van der Waals surface area contributed by atoms with Gasteiger partial charge in [-0.25, -0.2) is 8.78 Å². The van der Waals surface area contributed by atoms with Gasteiger partial charge in [0.25, 0.3) is 0 Å². The van der Waals surface area contributed by atoms with E-state index in [1.54, 1.807) is 24.3 Å². The van der Waals surface area contributed by atoms with Gasteiger partial charge in [-0.3, -0.25) is 9.59 Å². The highest BCUT2D eigenvalue weighted by molar-refractivity contribution is 5.99. The number of hydrogen-bond donors (Lipinski definition) is 2. The molecule has 3 rings (SSSR count). The molecule has 0 aliphatic carbocycles. The number of carbonyl (C=O) groups is 2. The quantitative estimate of drug-likeness (QED) is 0.791. The molecule has 28 heavy (non-hydrogen) atoms. The molecule has 0 spiro atoms. The molecule has 148 valence electrons. The Bertz CT molecular complexity index is 861. The maximum absolute atomic E-state index is 14.5. The van der Waals surface area contributed by atoms with Crippen molar-refractivity contribution in [2.75, 3.05) is 18.5 Å². The van der Waals surface area contributed by atoms with Crippen LogP contribution in [0.3, 0.4) is 0 Å². The highest BCUT2D eigenvalue weighted by Gasteiger charge is 2.43. The van der Waals surface area contributed by atoms with Crippen LogP contribution in [0.25, 0.3) is 0 Å². The summed E-state index contributed by atoms with van der Waals surface area (Å²) in [4.78, 5) is 23.8. The summed E-state index contributed by atoms with van der Waals surface area (Å²) in [5.74, 6) is -2.69. The first-order valence-corrected chi connectivity index (χ1v) is 9.06. The third-order valence-corrected chi connectivity index (χ3v) is 5.07. The smallest absolute Gasteiger partial charge is 0.303 e. The second-order valence-electron chi connectivity index (χ2n) is 6.86. The zero-order valence-electron chi connectivity index (χ0n) is 15.2. The van der Waals surface area contributed by atoms with Gasteiger partial charge in [0.05, 0.1) is 5.41 Å². The number of hydrogen-bond acceptors (Lipinski definition) is 3. The van der Waals surface area contributed by atoms with Gasteiger partial charge in [0.2, 0.25) is 5.91 Å². The van der Waals surface area contributed by atoms with Crippen molar-refractivity contribution in [3.05, 3.63) is 65.2 Å². The summed E-state index contributed by atoms with van der Waals surface area (Å²) in [7, 11) is 0. The van der Waals surface area contributed by atoms with E-state index in [4.69, 9.17) is 9.84 Å². The molecule has 1 fully saturated rings. The zero-order valence-corrected chi connectivity index (χ0v) is 15.2. The number of carboxylic acids is 1. The summed E-state index contributed by atoms with van der Waals surface area (Å²) in [5, 5.41) is 11.6. The molecule has 1 amide bonds. The first-order valence-electron chi connectivity index (χ1n) is 9.06. The average Bonchev–Trinajstić information content (AvgIpc) is 2.68. The summed E-state index contributed by atoms with van der Waals surface area (Å²) in [5.41, 5.74) is 0.383. The van der Waals surface area contributed by atoms with Gasteiger partial charge >= 0.3 is 5.97 Å². The fourth-order valence-corrected chi connectivity index (χ4v) is 3.47. The van der Waals surface area contributed by atoms with E-state index >= 15 is 0 Å². The number of aryl methyl sites for hydroxylation is 1. The molecular weight excluding hydrogens is 368 g/mol. The molecule has 1 aliphatic rings. The van der Waals surface area contributed by atoms with Crippen LogP contribution in [-0.2, 0) is 26.2 Å². The van der Waals surface area contributed by atoms with Gasteiger partial charge < -0.3 is 15.2 Å². The molecule has 0 radical (unpaired) electrons. The molecule has 2 aromatic rings. The number of benzene rings is 2. The Hall–Kier alpha value is -2.80. The van der Waals surface area contributed by atoms with Gasteiger partial charge in [-0.1, -0.05) is 18.2 Å². The first kappa shape index (κ1) is 19.9. The van der Waals surface area contributed by atoms with Gasteiger partial charge in [-0.15, -0.1) is 0 Å².